The third kappa shape index (κ3) is 3.74. The van der Waals surface area contributed by atoms with Gasteiger partial charge in [-0.05, 0) is 31.0 Å². The van der Waals surface area contributed by atoms with Gasteiger partial charge in [-0.15, -0.1) is 11.6 Å². The Morgan fingerprint density at radius 2 is 1.89 bits per heavy atom. The molecule has 0 aromatic heterocycles. The van der Waals surface area contributed by atoms with Crippen LogP contribution in [0.1, 0.15) is 35.6 Å². The van der Waals surface area contributed by atoms with Crippen LogP contribution >= 0.6 is 11.6 Å². The van der Waals surface area contributed by atoms with Crippen LogP contribution in [-0.2, 0) is 36.8 Å². The summed E-state index contributed by atoms with van der Waals surface area (Å²) < 4.78 is 34.6. The van der Waals surface area contributed by atoms with E-state index in [-0.39, 0.29) is 31.2 Å². The molecule has 3 heterocycles. The number of allylic oxidation sites excluding steroid dienone is 1. The van der Waals surface area contributed by atoms with E-state index in [2.05, 4.69) is 10.2 Å². The Morgan fingerprint density at radius 1 is 1.11 bits per heavy atom. The van der Waals surface area contributed by atoms with E-state index >= 15 is 0 Å². The SMILES string of the molecule is COC1=C(OC)C2=C(CC1)C(C1c3c(c(CNC(=O)CCl)c4c(c3OC)OCO4)CCN1C)OC2=O. The molecule has 2 atom stereocenters. The van der Waals surface area contributed by atoms with E-state index in [1.165, 1.54) is 7.11 Å². The number of alkyl halides is 1. The number of esters is 1. The van der Waals surface area contributed by atoms with Gasteiger partial charge in [-0.3, -0.25) is 9.69 Å². The maximum atomic E-state index is 13.1. The number of carbonyl (C=O) groups excluding carboxylic acids is 2. The molecule has 10 nitrogen and oxygen atoms in total. The van der Waals surface area contributed by atoms with Crippen LogP contribution in [0.5, 0.6) is 17.2 Å². The van der Waals surface area contributed by atoms with Crippen molar-refractivity contribution in [2.45, 2.75) is 38.0 Å². The van der Waals surface area contributed by atoms with Crippen molar-refractivity contribution in [3.63, 3.8) is 0 Å². The Labute approximate surface area is 214 Å². The highest BCUT2D eigenvalue weighted by atomic mass is 35.5. The number of halogens is 1. The molecule has 1 aliphatic carbocycles. The molecule has 1 aromatic rings. The van der Waals surface area contributed by atoms with Gasteiger partial charge in [0.2, 0.25) is 18.4 Å². The second-order valence-electron chi connectivity index (χ2n) is 8.94. The summed E-state index contributed by atoms with van der Waals surface area (Å²) in [4.78, 5) is 27.3. The lowest BCUT2D eigenvalue weighted by molar-refractivity contribution is -0.142. The number of amides is 1. The van der Waals surface area contributed by atoms with Gasteiger partial charge < -0.3 is 33.7 Å². The lowest BCUT2D eigenvalue weighted by Crippen LogP contribution is -2.41. The van der Waals surface area contributed by atoms with Crippen LogP contribution in [0.25, 0.3) is 0 Å². The lowest BCUT2D eigenvalue weighted by Gasteiger charge is -2.40. The molecule has 11 heteroatoms. The Hall–Kier alpha value is -3.11. The highest BCUT2D eigenvalue weighted by Crippen LogP contribution is 2.55. The highest BCUT2D eigenvalue weighted by molar-refractivity contribution is 6.27. The highest BCUT2D eigenvalue weighted by Gasteiger charge is 2.49. The van der Waals surface area contributed by atoms with Crippen molar-refractivity contribution >= 4 is 23.5 Å². The van der Waals surface area contributed by atoms with Crippen molar-refractivity contribution in [2.75, 3.05) is 47.6 Å². The zero-order valence-corrected chi connectivity index (χ0v) is 21.5. The van der Waals surface area contributed by atoms with Crippen LogP contribution in [0, 0.1) is 0 Å². The van der Waals surface area contributed by atoms with Crippen LogP contribution in [-0.4, -0.2) is 70.5 Å². The van der Waals surface area contributed by atoms with E-state index < -0.39 is 12.1 Å². The van der Waals surface area contributed by atoms with Crippen LogP contribution < -0.4 is 19.5 Å². The molecule has 194 valence electrons. The van der Waals surface area contributed by atoms with E-state index in [9.17, 15) is 9.59 Å². The number of rotatable bonds is 7. The summed E-state index contributed by atoms with van der Waals surface area (Å²) >= 11 is 5.71. The van der Waals surface area contributed by atoms with E-state index in [1.807, 2.05) is 7.05 Å². The van der Waals surface area contributed by atoms with Crippen molar-refractivity contribution in [3.8, 4) is 17.2 Å². The summed E-state index contributed by atoms with van der Waals surface area (Å²) in [5.74, 6) is 1.77. The zero-order valence-electron chi connectivity index (χ0n) is 20.7. The fourth-order valence-corrected chi connectivity index (χ4v) is 5.77. The van der Waals surface area contributed by atoms with Crippen LogP contribution in [0.3, 0.4) is 0 Å². The minimum Gasteiger partial charge on any atom is -0.497 e. The predicted molar refractivity (Wildman–Crippen MR) is 128 cm³/mol. The minimum atomic E-state index is -0.556. The molecular formula is C25H29ClN2O8. The fourth-order valence-electron chi connectivity index (χ4n) is 5.67. The van der Waals surface area contributed by atoms with E-state index in [0.29, 0.717) is 60.1 Å². The molecule has 1 aromatic carbocycles. The van der Waals surface area contributed by atoms with Gasteiger partial charge in [0, 0.05) is 30.6 Å². The summed E-state index contributed by atoms with van der Waals surface area (Å²) in [5, 5.41) is 2.85. The molecule has 0 saturated heterocycles. The third-order valence-electron chi connectivity index (χ3n) is 7.24. The molecule has 0 fully saturated rings. The number of nitrogens with zero attached hydrogens (tertiary/aromatic N) is 1. The van der Waals surface area contributed by atoms with Gasteiger partial charge in [-0.25, -0.2) is 4.79 Å². The largest absolute Gasteiger partial charge is 0.497 e. The summed E-state index contributed by atoms with van der Waals surface area (Å²) in [6.07, 6.45) is 1.33. The van der Waals surface area contributed by atoms with Gasteiger partial charge in [0.05, 0.1) is 27.4 Å². The summed E-state index contributed by atoms with van der Waals surface area (Å²) in [7, 11) is 6.68. The first-order valence-electron chi connectivity index (χ1n) is 11.7. The minimum absolute atomic E-state index is 0.0427. The standard InChI is InChI=1S/C25H29ClN2O8/c1-28-8-7-12-14(10-27-16(29)9-26)21-24(35-11-34-21)23(33-4)17(12)19(28)20-13-5-6-15(31-2)22(32-3)18(13)25(30)36-20/h19-20H,5-11H2,1-4H3,(H,27,29). The topological polar surface area (TPSA) is 105 Å². The number of ether oxygens (including phenoxy) is 6. The van der Waals surface area contributed by atoms with Gasteiger partial charge in [-0.2, -0.15) is 0 Å². The molecule has 5 rings (SSSR count). The van der Waals surface area contributed by atoms with Crippen LogP contribution in [0.4, 0.5) is 0 Å². The first-order valence-corrected chi connectivity index (χ1v) is 12.3. The molecule has 1 amide bonds. The number of likely N-dealkylation sites (N-methyl/N-ethyl adjacent to an activating group) is 1. The first kappa shape index (κ1) is 24.6. The number of hydrogen-bond donors (Lipinski definition) is 1. The van der Waals surface area contributed by atoms with Gasteiger partial charge in [0.25, 0.3) is 0 Å². The van der Waals surface area contributed by atoms with E-state index in [1.54, 1.807) is 14.2 Å². The average Bonchev–Trinajstić information content (AvgIpc) is 3.50. The van der Waals surface area contributed by atoms with Crippen molar-refractivity contribution in [2.24, 2.45) is 0 Å². The van der Waals surface area contributed by atoms with E-state index in [4.69, 9.17) is 40.0 Å². The smallest absolute Gasteiger partial charge is 0.342 e. The van der Waals surface area contributed by atoms with Crippen molar-refractivity contribution in [1.29, 1.82) is 0 Å². The fraction of sp³-hybridized carbons (Fsp3) is 0.520. The second-order valence-corrected chi connectivity index (χ2v) is 9.21. The molecule has 0 saturated carbocycles. The number of fused-ring (bicyclic) bond motifs is 2. The molecule has 36 heavy (non-hydrogen) atoms. The molecule has 3 aliphatic heterocycles. The number of nitrogens with one attached hydrogen (secondary N) is 1. The van der Waals surface area contributed by atoms with Gasteiger partial charge in [0.1, 0.15) is 23.3 Å². The Balaban J connectivity index is 1.66. The van der Waals surface area contributed by atoms with Crippen LogP contribution in [0.15, 0.2) is 22.7 Å². The second kappa shape index (κ2) is 9.74. The molecule has 0 spiro atoms. The molecule has 0 radical (unpaired) electrons. The number of carbonyl (C=O) groups is 2. The zero-order chi connectivity index (χ0) is 25.6. The molecule has 2 unspecified atom stereocenters. The molecule has 1 N–H and O–H groups in total. The van der Waals surface area contributed by atoms with Gasteiger partial charge >= 0.3 is 5.97 Å². The average molecular weight is 521 g/mol. The van der Waals surface area contributed by atoms with Gasteiger partial charge in [-0.1, -0.05) is 0 Å². The molecule has 0 bridgehead atoms. The quantitative estimate of drug-likeness (QED) is 0.428. The molecular weight excluding hydrogens is 492 g/mol. The predicted octanol–water partition coefficient (Wildman–Crippen LogP) is 2.33. The van der Waals surface area contributed by atoms with Crippen molar-refractivity contribution in [3.05, 3.63) is 39.4 Å². The Kier molecular flexibility index (Phi) is 6.65. The van der Waals surface area contributed by atoms with Gasteiger partial charge in [0.15, 0.2) is 17.3 Å². The normalized spacial score (nSPS) is 22.8. The monoisotopic (exact) mass is 520 g/mol. The summed E-state index contributed by atoms with van der Waals surface area (Å²) in [6, 6.07) is -0.348. The third-order valence-corrected chi connectivity index (χ3v) is 7.48. The molecule has 4 aliphatic rings. The summed E-state index contributed by atoms with van der Waals surface area (Å²) in [6.45, 7) is 0.969. The number of methoxy groups -OCH3 is 3. The van der Waals surface area contributed by atoms with Crippen LogP contribution in [0.2, 0.25) is 0 Å². The van der Waals surface area contributed by atoms with Crippen molar-refractivity contribution < 1.29 is 38.0 Å². The maximum absolute atomic E-state index is 13.1. The Morgan fingerprint density at radius 3 is 2.58 bits per heavy atom. The number of hydrogen-bond acceptors (Lipinski definition) is 9. The maximum Gasteiger partial charge on any atom is 0.342 e. The Bertz CT molecular complexity index is 1180. The number of cyclic esters (lactones) is 1. The van der Waals surface area contributed by atoms with Crippen molar-refractivity contribution in [1.82, 2.24) is 10.2 Å². The van der Waals surface area contributed by atoms with E-state index in [0.717, 1.165) is 22.3 Å². The first-order chi connectivity index (χ1) is 17.4. The summed E-state index contributed by atoms with van der Waals surface area (Å²) in [5.41, 5.74) is 3.96. The number of benzene rings is 1. The lowest BCUT2D eigenvalue weighted by atomic mass is 9.81.